The predicted molar refractivity (Wildman–Crippen MR) is 76.6 cm³/mol. The quantitative estimate of drug-likeness (QED) is 0.647. The molecule has 18 heavy (non-hydrogen) atoms. The van der Waals surface area contributed by atoms with E-state index in [-0.39, 0.29) is 0 Å². The van der Waals surface area contributed by atoms with E-state index in [1.165, 1.54) is 25.7 Å². The van der Waals surface area contributed by atoms with E-state index in [2.05, 4.69) is 33.7 Å². The SMILES string of the molecule is CCCCCCNCCN(C)Cc1nccn1C. The van der Waals surface area contributed by atoms with Crippen LogP contribution >= 0.6 is 0 Å². The summed E-state index contributed by atoms with van der Waals surface area (Å²) in [5.74, 6) is 1.13. The van der Waals surface area contributed by atoms with Crippen LogP contribution in [-0.4, -0.2) is 41.1 Å². The zero-order valence-corrected chi connectivity index (χ0v) is 12.2. The summed E-state index contributed by atoms with van der Waals surface area (Å²) in [6.07, 6.45) is 9.18. The second kappa shape index (κ2) is 9.11. The molecule has 0 bridgehead atoms. The molecule has 1 N–H and O–H groups in total. The van der Waals surface area contributed by atoms with Gasteiger partial charge in [-0.3, -0.25) is 4.90 Å². The molecule has 4 nitrogen and oxygen atoms in total. The third-order valence-electron chi connectivity index (χ3n) is 3.21. The van der Waals surface area contributed by atoms with Crippen molar-refractivity contribution in [2.24, 2.45) is 7.05 Å². The van der Waals surface area contributed by atoms with Crippen molar-refractivity contribution in [3.63, 3.8) is 0 Å². The van der Waals surface area contributed by atoms with E-state index < -0.39 is 0 Å². The molecule has 1 heterocycles. The highest BCUT2D eigenvalue weighted by Crippen LogP contribution is 1.99. The van der Waals surface area contributed by atoms with Crippen LogP contribution in [0.25, 0.3) is 0 Å². The molecule has 104 valence electrons. The Kier molecular flexibility index (Phi) is 7.69. The lowest BCUT2D eigenvalue weighted by molar-refractivity contribution is 0.312. The molecule has 0 amide bonds. The minimum absolute atomic E-state index is 0.918. The smallest absolute Gasteiger partial charge is 0.122 e. The van der Waals surface area contributed by atoms with Gasteiger partial charge in [0.05, 0.1) is 6.54 Å². The van der Waals surface area contributed by atoms with Crippen molar-refractivity contribution in [2.45, 2.75) is 39.2 Å². The van der Waals surface area contributed by atoms with E-state index in [1.807, 2.05) is 19.4 Å². The normalized spacial score (nSPS) is 11.3. The number of aryl methyl sites for hydroxylation is 1. The molecular weight excluding hydrogens is 224 g/mol. The number of imidazole rings is 1. The molecular formula is C14H28N4. The van der Waals surface area contributed by atoms with E-state index >= 15 is 0 Å². The van der Waals surface area contributed by atoms with Gasteiger partial charge in [-0.2, -0.15) is 0 Å². The lowest BCUT2D eigenvalue weighted by Gasteiger charge is -2.16. The second-order valence-corrected chi connectivity index (χ2v) is 5.00. The van der Waals surface area contributed by atoms with Crippen LogP contribution in [0, 0.1) is 0 Å². The lowest BCUT2D eigenvalue weighted by atomic mass is 10.2. The molecule has 0 unspecified atom stereocenters. The van der Waals surface area contributed by atoms with Crippen molar-refractivity contribution < 1.29 is 0 Å². The van der Waals surface area contributed by atoms with Crippen LogP contribution in [0.4, 0.5) is 0 Å². The highest BCUT2D eigenvalue weighted by atomic mass is 15.2. The summed E-state index contributed by atoms with van der Waals surface area (Å²) in [6.45, 7) is 6.45. The van der Waals surface area contributed by atoms with Crippen LogP contribution in [0.1, 0.15) is 38.4 Å². The van der Waals surface area contributed by atoms with Crippen LogP contribution in [0.5, 0.6) is 0 Å². The number of nitrogens with one attached hydrogen (secondary N) is 1. The minimum Gasteiger partial charge on any atom is -0.337 e. The Labute approximate surface area is 111 Å². The summed E-state index contributed by atoms with van der Waals surface area (Å²) in [4.78, 5) is 6.64. The van der Waals surface area contributed by atoms with Crippen LogP contribution < -0.4 is 5.32 Å². The summed E-state index contributed by atoms with van der Waals surface area (Å²) < 4.78 is 2.08. The van der Waals surface area contributed by atoms with E-state index in [0.717, 1.165) is 32.0 Å². The van der Waals surface area contributed by atoms with Crippen LogP contribution in [0.15, 0.2) is 12.4 Å². The minimum atomic E-state index is 0.918. The Morgan fingerprint density at radius 2 is 2.11 bits per heavy atom. The maximum absolute atomic E-state index is 4.33. The Hall–Kier alpha value is -0.870. The highest BCUT2D eigenvalue weighted by Gasteiger charge is 2.03. The Balaban J connectivity index is 2.00. The molecule has 0 saturated carbocycles. The molecule has 1 aromatic heterocycles. The van der Waals surface area contributed by atoms with Gasteiger partial charge in [0.2, 0.25) is 0 Å². The molecule has 0 spiro atoms. The van der Waals surface area contributed by atoms with Gasteiger partial charge in [-0.25, -0.2) is 4.98 Å². The molecule has 0 saturated heterocycles. The summed E-state index contributed by atoms with van der Waals surface area (Å²) >= 11 is 0. The lowest BCUT2D eigenvalue weighted by Crippen LogP contribution is -2.30. The first-order chi connectivity index (χ1) is 8.74. The number of aromatic nitrogens is 2. The number of rotatable bonds is 10. The van der Waals surface area contributed by atoms with Gasteiger partial charge >= 0.3 is 0 Å². The molecule has 0 aliphatic rings. The van der Waals surface area contributed by atoms with E-state index in [0.29, 0.717) is 0 Å². The van der Waals surface area contributed by atoms with Gasteiger partial charge in [-0.15, -0.1) is 0 Å². The monoisotopic (exact) mass is 252 g/mol. The molecule has 0 aliphatic carbocycles. The van der Waals surface area contributed by atoms with Gasteiger partial charge in [-0.05, 0) is 20.0 Å². The molecule has 0 fully saturated rings. The number of likely N-dealkylation sites (N-methyl/N-ethyl adjacent to an activating group) is 1. The van der Waals surface area contributed by atoms with Gasteiger partial charge in [-0.1, -0.05) is 26.2 Å². The van der Waals surface area contributed by atoms with E-state index in [4.69, 9.17) is 0 Å². The zero-order valence-electron chi connectivity index (χ0n) is 12.2. The second-order valence-electron chi connectivity index (χ2n) is 5.00. The van der Waals surface area contributed by atoms with E-state index in [9.17, 15) is 0 Å². The van der Waals surface area contributed by atoms with E-state index in [1.54, 1.807) is 0 Å². The Bertz CT molecular complexity index is 308. The number of unbranched alkanes of at least 4 members (excludes halogenated alkanes) is 3. The van der Waals surface area contributed by atoms with Crippen molar-refractivity contribution >= 4 is 0 Å². The third kappa shape index (κ3) is 6.17. The topological polar surface area (TPSA) is 33.1 Å². The van der Waals surface area contributed by atoms with Gasteiger partial charge in [0.15, 0.2) is 0 Å². The first kappa shape index (κ1) is 15.2. The summed E-state index contributed by atoms with van der Waals surface area (Å²) in [5.41, 5.74) is 0. The molecule has 0 aromatic carbocycles. The Morgan fingerprint density at radius 3 is 2.78 bits per heavy atom. The molecule has 1 aromatic rings. The first-order valence-corrected chi connectivity index (χ1v) is 7.09. The maximum Gasteiger partial charge on any atom is 0.122 e. The summed E-state index contributed by atoms with van der Waals surface area (Å²) in [7, 11) is 4.19. The summed E-state index contributed by atoms with van der Waals surface area (Å²) in [6, 6.07) is 0. The van der Waals surface area contributed by atoms with Crippen molar-refractivity contribution in [3.05, 3.63) is 18.2 Å². The zero-order chi connectivity index (χ0) is 13.2. The van der Waals surface area contributed by atoms with Gasteiger partial charge in [0, 0.05) is 32.5 Å². The number of hydrogen-bond acceptors (Lipinski definition) is 3. The molecule has 0 aliphatic heterocycles. The fourth-order valence-corrected chi connectivity index (χ4v) is 1.94. The van der Waals surface area contributed by atoms with Crippen molar-refractivity contribution in [3.8, 4) is 0 Å². The fourth-order valence-electron chi connectivity index (χ4n) is 1.94. The summed E-state index contributed by atoms with van der Waals surface area (Å²) in [5, 5.41) is 3.50. The number of hydrogen-bond donors (Lipinski definition) is 1. The predicted octanol–water partition coefficient (Wildman–Crippen LogP) is 2.02. The van der Waals surface area contributed by atoms with Gasteiger partial charge < -0.3 is 9.88 Å². The standard InChI is InChI=1S/C14H28N4/c1-4-5-6-7-8-15-9-11-17(2)13-14-16-10-12-18(14)3/h10,12,15H,4-9,11,13H2,1-3H3. The van der Waals surface area contributed by atoms with Crippen LogP contribution in [0.2, 0.25) is 0 Å². The third-order valence-corrected chi connectivity index (χ3v) is 3.21. The van der Waals surface area contributed by atoms with Crippen molar-refractivity contribution in [1.29, 1.82) is 0 Å². The fraction of sp³-hybridized carbons (Fsp3) is 0.786. The van der Waals surface area contributed by atoms with Crippen LogP contribution in [-0.2, 0) is 13.6 Å². The van der Waals surface area contributed by atoms with Crippen LogP contribution in [0.3, 0.4) is 0 Å². The molecule has 0 atom stereocenters. The average molecular weight is 252 g/mol. The maximum atomic E-state index is 4.33. The average Bonchev–Trinajstić information content (AvgIpc) is 2.74. The van der Waals surface area contributed by atoms with Crippen molar-refractivity contribution in [1.82, 2.24) is 19.8 Å². The molecule has 4 heteroatoms. The number of nitrogens with zero attached hydrogens (tertiary/aromatic N) is 3. The van der Waals surface area contributed by atoms with Gasteiger partial charge in [0.1, 0.15) is 5.82 Å². The first-order valence-electron chi connectivity index (χ1n) is 7.09. The Morgan fingerprint density at radius 1 is 1.28 bits per heavy atom. The van der Waals surface area contributed by atoms with Crippen molar-refractivity contribution in [2.75, 3.05) is 26.7 Å². The van der Waals surface area contributed by atoms with Gasteiger partial charge in [0.25, 0.3) is 0 Å². The largest absolute Gasteiger partial charge is 0.337 e. The molecule has 1 rings (SSSR count). The highest BCUT2D eigenvalue weighted by molar-refractivity contribution is 4.90. The molecule has 0 radical (unpaired) electrons.